The lowest BCUT2D eigenvalue weighted by molar-refractivity contribution is 0.00914. The monoisotopic (exact) mass is 249 g/mol. The highest BCUT2D eigenvalue weighted by Gasteiger charge is 2.33. The van der Waals surface area contributed by atoms with E-state index in [0.29, 0.717) is 24.8 Å². The van der Waals surface area contributed by atoms with Gasteiger partial charge in [-0.2, -0.15) is 0 Å². The van der Waals surface area contributed by atoms with Gasteiger partial charge in [0.15, 0.2) is 0 Å². The van der Waals surface area contributed by atoms with Gasteiger partial charge >= 0.3 is 0 Å². The molecule has 3 heteroatoms. The fourth-order valence-corrected chi connectivity index (χ4v) is 3.16. The van der Waals surface area contributed by atoms with Crippen molar-refractivity contribution in [1.29, 1.82) is 0 Å². The van der Waals surface area contributed by atoms with Crippen molar-refractivity contribution in [3.63, 3.8) is 0 Å². The average Bonchev–Trinajstić information content (AvgIpc) is 2.76. The van der Waals surface area contributed by atoms with Gasteiger partial charge < -0.3 is 10.1 Å². The van der Waals surface area contributed by atoms with Crippen molar-refractivity contribution in [1.82, 2.24) is 5.32 Å². The molecule has 0 aliphatic carbocycles. The molecule has 2 heterocycles. The number of benzene rings is 1. The quantitative estimate of drug-likeness (QED) is 0.885. The van der Waals surface area contributed by atoms with Crippen LogP contribution in [0.5, 0.6) is 0 Å². The summed E-state index contributed by atoms with van der Waals surface area (Å²) in [5, 5.41) is 3.61. The topological polar surface area (TPSA) is 21.3 Å². The van der Waals surface area contributed by atoms with E-state index < -0.39 is 6.67 Å². The van der Waals surface area contributed by atoms with Gasteiger partial charge in [0.05, 0.1) is 12.7 Å². The molecule has 98 valence electrons. The second-order valence-corrected chi connectivity index (χ2v) is 5.50. The number of piperidine rings is 1. The number of rotatable bonds is 4. The summed E-state index contributed by atoms with van der Waals surface area (Å²) in [7, 11) is 0. The molecule has 2 fully saturated rings. The third-order valence-corrected chi connectivity index (χ3v) is 4.06. The number of fused-ring (bicyclic) bond motifs is 2. The van der Waals surface area contributed by atoms with E-state index in [1.807, 2.05) is 24.3 Å². The zero-order chi connectivity index (χ0) is 12.4. The summed E-state index contributed by atoms with van der Waals surface area (Å²) in [6.45, 7) is 0.212. The average molecular weight is 249 g/mol. The van der Waals surface area contributed by atoms with E-state index in [2.05, 4.69) is 5.32 Å². The third kappa shape index (κ3) is 2.73. The molecular weight excluding hydrogens is 229 g/mol. The van der Waals surface area contributed by atoms with Crippen LogP contribution >= 0.6 is 0 Å². The molecule has 0 amide bonds. The lowest BCUT2D eigenvalue weighted by Gasteiger charge is -2.29. The van der Waals surface area contributed by atoms with Crippen LogP contribution in [0.1, 0.15) is 36.8 Å². The van der Waals surface area contributed by atoms with E-state index in [4.69, 9.17) is 4.74 Å². The Balaban J connectivity index is 1.54. The molecule has 1 aromatic rings. The standard InChI is InChI=1S/C15H20FNO/c16-9-11-2-1-3-12(6-11)10-18-15-7-13-4-5-14(8-15)17-13/h1-3,6,13-15,17H,4-5,7-10H2/t13-,14+,15?. The van der Waals surface area contributed by atoms with Gasteiger partial charge in [-0.25, -0.2) is 4.39 Å². The van der Waals surface area contributed by atoms with Crippen LogP contribution in [0.2, 0.25) is 0 Å². The Kier molecular flexibility index (Phi) is 3.62. The van der Waals surface area contributed by atoms with Crippen molar-refractivity contribution in [2.24, 2.45) is 0 Å². The Morgan fingerprint density at radius 2 is 1.89 bits per heavy atom. The highest BCUT2D eigenvalue weighted by atomic mass is 19.1. The molecule has 0 saturated carbocycles. The fourth-order valence-electron chi connectivity index (χ4n) is 3.16. The Labute approximate surface area is 108 Å². The van der Waals surface area contributed by atoms with E-state index in [1.165, 1.54) is 12.8 Å². The van der Waals surface area contributed by atoms with Gasteiger partial charge in [0, 0.05) is 12.1 Å². The van der Waals surface area contributed by atoms with E-state index in [-0.39, 0.29) is 0 Å². The summed E-state index contributed by atoms with van der Waals surface area (Å²) in [5.41, 5.74) is 1.82. The summed E-state index contributed by atoms with van der Waals surface area (Å²) < 4.78 is 18.5. The van der Waals surface area contributed by atoms with E-state index >= 15 is 0 Å². The molecule has 1 N–H and O–H groups in total. The van der Waals surface area contributed by atoms with Crippen molar-refractivity contribution in [2.75, 3.05) is 0 Å². The van der Waals surface area contributed by atoms with Crippen molar-refractivity contribution in [2.45, 2.75) is 57.2 Å². The Hall–Kier alpha value is -0.930. The lowest BCUT2D eigenvalue weighted by atomic mass is 10.0. The summed E-state index contributed by atoms with van der Waals surface area (Å²) in [5.74, 6) is 0. The molecular formula is C15H20FNO. The Morgan fingerprint density at radius 1 is 1.17 bits per heavy atom. The van der Waals surface area contributed by atoms with E-state index in [9.17, 15) is 4.39 Å². The number of hydrogen-bond donors (Lipinski definition) is 1. The molecule has 3 atom stereocenters. The Morgan fingerprint density at radius 3 is 2.61 bits per heavy atom. The van der Waals surface area contributed by atoms with Crippen LogP contribution < -0.4 is 5.32 Å². The number of nitrogens with one attached hydrogen (secondary N) is 1. The predicted molar refractivity (Wildman–Crippen MR) is 69.0 cm³/mol. The van der Waals surface area contributed by atoms with Crippen LogP contribution in [0.25, 0.3) is 0 Å². The zero-order valence-corrected chi connectivity index (χ0v) is 10.6. The molecule has 0 spiro atoms. The maximum absolute atomic E-state index is 12.6. The second kappa shape index (κ2) is 5.37. The molecule has 1 aromatic carbocycles. The molecule has 0 aromatic heterocycles. The minimum absolute atomic E-state index is 0.373. The fraction of sp³-hybridized carbons (Fsp3) is 0.600. The minimum Gasteiger partial charge on any atom is -0.373 e. The van der Waals surface area contributed by atoms with E-state index in [1.54, 1.807) is 0 Å². The van der Waals surface area contributed by atoms with Gasteiger partial charge in [-0.05, 0) is 36.8 Å². The first-order valence-electron chi connectivity index (χ1n) is 6.85. The molecule has 2 aliphatic rings. The minimum atomic E-state index is -0.397. The predicted octanol–water partition coefficient (Wildman–Crippen LogP) is 2.96. The number of halogens is 1. The maximum Gasteiger partial charge on any atom is 0.115 e. The van der Waals surface area contributed by atoms with E-state index in [0.717, 1.165) is 24.0 Å². The van der Waals surface area contributed by atoms with Crippen LogP contribution in [0.3, 0.4) is 0 Å². The van der Waals surface area contributed by atoms with Crippen LogP contribution in [-0.2, 0) is 18.0 Å². The van der Waals surface area contributed by atoms with Gasteiger partial charge in [0.2, 0.25) is 0 Å². The van der Waals surface area contributed by atoms with Gasteiger partial charge in [-0.15, -0.1) is 0 Å². The maximum atomic E-state index is 12.6. The van der Waals surface area contributed by atoms with Crippen LogP contribution in [0, 0.1) is 0 Å². The lowest BCUT2D eigenvalue weighted by Crippen LogP contribution is -2.41. The van der Waals surface area contributed by atoms with Gasteiger partial charge in [-0.3, -0.25) is 0 Å². The first-order valence-corrected chi connectivity index (χ1v) is 6.85. The highest BCUT2D eigenvalue weighted by Crippen LogP contribution is 2.29. The molecule has 2 nitrogen and oxygen atoms in total. The molecule has 18 heavy (non-hydrogen) atoms. The molecule has 1 unspecified atom stereocenters. The Bertz CT molecular complexity index is 397. The normalized spacial score (nSPS) is 30.6. The molecule has 2 bridgehead atoms. The highest BCUT2D eigenvalue weighted by molar-refractivity contribution is 5.22. The number of hydrogen-bond acceptors (Lipinski definition) is 2. The summed E-state index contributed by atoms with van der Waals surface area (Å²) in [4.78, 5) is 0. The van der Waals surface area contributed by atoms with Gasteiger partial charge in [0.1, 0.15) is 6.67 Å². The molecule has 0 radical (unpaired) electrons. The van der Waals surface area contributed by atoms with Crippen LogP contribution in [0.4, 0.5) is 4.39 Å². The van der Waals surface area contributed by atoms with Gasteiger partial charge in [-0.1, -0.05) is 24.3 Å². The second-order valence-electron chi connectivity index (χ2n) is 5.50. The van der Waals surface area contributed by atoms with Crippen molar-refractivity contribution < 1.29 is 9.13 Å². The zero-order valence-electron chi connectivity index (χ0n) is 10.6. The first kappa shape index (κ1) is 12.1. The number of alkyl halides is 1. The van der Waals surface area contributed by atoms with Gasteiger partial charge in [0.25, 0.3) is 0 Å². The molecule has 3 rings (SSSR count). The largest absolute Gasteiger partial charge is 0.373 e. The summed E-state index contributed by atoms with van der Waals surface area (Å²) >= 11 is 0. The van der Waals surface area contributed by atoms with Crippen molar-refractivity contribution in [3.8, 4) is 0 Å². The smallest absolute Gasteiger partial charge is 0.115 e. The van der Waals surface area contributed by atoms with Crippen LogP contribution in [-0.4, -0.2) is 18.2 Å². The third-order valence-electron chi connectivity index (χ3n) is 4.06. The summed E-state index contributed by atoms with van der Waals surface area (Å²) in [6, 6.07) is 8.94. The van der Waals surface area contributed by atoms with Crippen LogP contribution in [0.15, 0.2) is 24.3 Å². The summed E-state index contributed by atoms with van der Waals surface area (Å²) in [6.07, 6.45) is 5.21. The SMILES string of the molecule is FCc1cccc(COC2C[C@H]3CC[C@@H](C2)N3)c1. The van der Waals surface area contributed by atoms with Crippen molar-refractivity contribution >= 4 is 0 Å². The first-order chi connectivity index (χ1) is 8.83. The molecule has 2 aliphatic heterocycles. The number of ether oxygens (including phenoxy) is 1. The van der Waals surface area contributed by atoms with Crippen molar-refractivity contribution in [3.05, 3.63) is 35.4 Å². The molecule has 2 saturated heterocycles.